The van der Waals surface area contributed by atoms with Crippen molar-refractivity contribution in [3.8, 4) is 67.0 Å². The molecule has 1 heterocycles. The maximum Gasteiger partial charge on any atom is 0.0891 e. The van der Waals surface area contributed by atoms with Crippen molar-refractivity contribution < 1.29 is 0 Å². The number of aryl methyl sites for hydroxylation is 4. The number of hydrogen-bond donors (Lipinski definition) is 0. The zero-order chi connectivity index (χ0) is 28.3. The molecule has 0 radical (unpaired) electrons. The molecule has 42 heavy (non-hydrogen) atoms. The lowest BCUT2D eigenvalue weighted by molar-refractivity contribution is 1.22. The first-order chi connectivity index (χ1) is 20.5. The number of fused-ring (bicyclic) bond motifs is 6. The van der Waals surface area contributed by atoms with E-state index in [1.54, 1.807) is 0 Å². The van der Waals surface area contributed by atoms with E-state index in [-0.39, 0.29) is 0 Å². The molecule has 0 unspecified atom stereocenters. The monoisotopic (exact) mass is 536 g/mol. The van der Waals surface area contributed by atoms with Crippen LogP contribution in [-0.2, 0) is 0 Å². The van der Waals surface area contributed by atoms with Gasteiger partial charge in [0.15, 0.2) is 0 Å². The topological polar surface area (TPSA) is 25.8 Å². The molecule has 0 aliphatic heterocycles. The first-order valence-corrected chi connectivity index (χ1v) is 14.7. The highest BCUT2D eigenvalue weighted by molar-refractivity contribution is 6.21. The highest BCUT2D eigenvalue weighted by atomic mass is 14.8. The molecular formula is C40H28N2. The summed E-state index contributed by atoms with van der Waals surface area (Å²) in [6, 6.07) is 31.3. The summed E-state index contributed by atoms with van der Waals surface area (Å²) in [6.07, 6.45) is 3.90. The second kappa shape index (κ2) is 8.24. The van der Waals surface area contributed by atoms with E-state index in [0.29, 0.717) is 0 Å². The van der Waals surface area contributed by atoms with Crippen molar-refractivity contribution in [2.75, 3.05) is 0 Å². The molecule has 0 spiro atoms. The fraction of sp³-hybridized carbons (Fsp3) is 0.100. The van der Waals surface area contributed by atoms with Gasteiger partial charge in [0.2, 0.25) is 0 Å². The molecule has 0 fully saturated rings. The van der Waals surface area contributed by atoms with E-state index >= 15 is 0 Å². The summed E-state index contributed by atoms with van der Waals surface area (Å²) < 4.78 is 0. The first-order valence-electron chi connectivity index (χ1n) is 14.7. The van der Waals surface area contributed by atoms with E-state index in [1.165, 1.54) is 88.3 Å². The van der Waals surface area contributed by atoms with Gasteiger partial charge in [-0.25, -0.2) is 0 Å². The van der Waals surface area contributed by atoms with Gasteiger partial charge in [-0.2, -0.15) is 0 Å². The molecule has 0 atom stereocenters. The van der Waals surface area contributed by atoms with Crippen molar-refractivity contribution in [2.24, 2.45) is 0 Å². The molecule has 6 aromatic carbocycles. The molecule has 0 N–H and O–H groups in total. The zero-order valence-corrected chi connectivity index (χ0v) is 24.1. The first kappa shape index (κ1) is 23.6. The van der Waals surface area contributed by atoms with Crippen molar-refractivity contribution in [3.05, 3.63) is 120 Å². The minimum absolute atomic E-state index is 0.899. The second-order valence-electron chi connectivity index (χ2n) is 12.0. The SMILES string of the molecule is Cc1ccc(C)c2c1-c1cccc3c(-c4cnc(-c5ccc6c7c(cccc57)-c5c(C)ccc(C)c5-6)cn4)ccc-2c13. The van der Waals surface area contributed by atoms with E-state index in [2.05, 4.69) is 113 Å². The van der Waals surface area contributed by atoms with Gasteiger partial charge >= 0.3 is 0 Å². The Hall–Kier alpha value is -5.08. The number of benzene rings is 6. The Labute approximate surface area is 245 Å². The largest absolute Gasteiger partial charge is 0.252 e. The minimum Gasteiger partial charge on any atom is -0.252 e. The third-order valence-corrected chi connectivity index (χ3v) is 9.61. The predicted octanol–water partition coefficient (Wildman–Crippen LogP) is 10.6. The Kier molecular flexibility index (Phi) is 4.63. The molecule has 0 amide bonds. The van der Waals surface area contributed by atoms with E-state index < -0.39 is 0 Å². The van der Waals surface area contributed by atoms with Crippen LogP contribution in [0.4, 0.5) is 0 Å². The number of nitrogens with zero attached hydrogens (tertiary/aromatic N) is 2. The molecule has 7 aromatic rings. The van der Waals surface area contributed by atoms with Crippen LogP contribution in [0.5, 0.6) is 0 Å². The summed E-state index contributed by atoms with van der Waals surface area (Å²) in [5, 5.41) is 5.11. The molecule has 2 aliphatic rings. The van der Waals surface area contributed by atoms with Gasteiger partial charge in [0.05, 0.1) is 23.8 Å². The van der Waals surface area contributed by atoms with Gasteiger partial charge in [-0.15, -0.1) is 0 Å². The third-order valence-electron chi connectivity index (χ3n) is 9.61. The maximum absolute atomic E-state index is 5.01. The number of rotatable bonds is 2. The molecule has 2 nitrogen and oxygen atoms in total. The minimum atomic E-state index is 0.899. The molecule has 2 aliphatic carbocycles. The van der Waals surface area contributed by atoms with Crippen LogP contribution in [0.25, 0.3) is 88.6 Å². The lowest BCUT2D eigenvalue weighted by Gasteiger charge is -2.11. The van der Waals surface area contributed by atoms with E-state index in [1.807, 2.05) is 12.4 Å². The Morgan fingerprint density at radius 2 is 0.690 bits per heavy atom. The van der Waals surface area contributed by atoms with E-state index in [0.717, 1.165) is 22.5 Å². The molecule has 1 aromatic heterocycles. The maximum atomic E-state index is 5.01. The third kappa shape index (κ3) is 2.94. The quantitative estimate of drug-likeness (QED) is 0.220. The van der Waals surface area contributed by atoms with Crippen molar-refractivity contribution in [1.82, 2.24) is 9.97 Å². The van der Waals surface area contributed by atoms with Crippen LogP contribution < -0.4 is 0 Å². The number of hydrogen-bond acceptors (Lipinski definition) is 2. The molecule has 0 saturated carbocycles. The smallest absolute Gasteiger partial charge is 0.0891 e. The standard InChI is InChI=1S/C40H28N2/c1-21-11-13-23(3)37-31-17-15-25(27-7-5-9-29(35(21)37)39(27)31)33-19-42-34(20-41-33)26-16-18-32-38-24(4)14-12-22(2)36(38)30-10-6-8-28(26)40(30)32/h5-20H,1-4H3. The van der Waals surface area contributed by atoms with Crippen molar-refractivity contribution in [3.63, 3.8) is 0 Å². The lowest BCUT2D eigenvalue weighted by atomic mass is 9.95. The van der Waals surface area contributed by atoms with E-state index in [9.17, 15) is 0 Å². The van der Waals surface area contributed by atoms with Gasteiger partial charge in [-0.3, -0.25) is 9.97 Å². The molecular weight excluding hydrogens is 508 g/mol. The van der Waals surface area contributed by atoms with Crippen LogP contribution >= 0.6 is 0 Å². The Morgan fingerprint density at radius 3 is 1.05 bits per heavy atom. The molecule has 0 bridgehead atoms. The normalized spacial score (nSPS) is 12.3. The lowest BCUT2D eigenvalue weighted by Crippen LogP contribution is -1.92. The summed E-state index contributed by atoms with van der Waals surface area (Å²) in [5.74, 6) is 0. The summed E-state index contributed by atoms with van der Waals surface area (Å²) in [7, 11) is 0. The van der Waals surface area contributed by atoms with Crippen molar-refractivity contribution >= 4 is 21.5 Å². The Bertz CT molecular complexity index is 2090. The van der Waals surface area contributed by atoms with Crippen LogP contribution in [-0.4, -0.2) is 9.97 Å². The van der Waals surface area contributed by atoms with E-state index in [4.69, 9.17) is 9.97 Å². The summed E-state index contributed by atoms with van der Waals surface area (Å²) in [5.41, 5.74) is 20.1. The Balaban J connectivity index is 1.19. The van der Waals surface area contributed by atoms with Gasteiger partial charge < -0.3 is 0 Å². The second-order valence-corrected chi connectivity index (χ2v) is 12.0. The fourth-order valence-corrected chi connectivity index (χ4v) is 7.71. The predicted molar refractivity (Wildman–Crippen MR) is 176 cm³/mol. The van der Waals surface area contributed by atoms with Crippen molar-refractivity contribution in [1.29, 1.82) is 0 Å². The molecule has 9 rings (SSSR count). The van der Waals surface area contributed by atoms with Gasteiger partial charge in [0, 0.05) is 11.1 Å². The summed E-state index contributed by atoms with van der Waals surface area (Å²) in [4.78, 5) is 10.0. The fourth-order valence-electron chi connectivity index (χ4n) is 7.71. The van der Waals surface area contributed by atoms with Gasteiger partial charge in [-0.1, -0.05) is 84.9 Å². The van der Waals surface area contributed by atoms with Gasteiger partial charge in [0.1, 0.15) is 0 Å². The molecule has 2 heteroatoms. The average Bonchev–Trinajstić information content (AvgIpc) is 3.55. The zero-order valence-electron chi connectivity index (χ0n) is 24.1. The van der Waals surface area contributed by atoms with Gasteiger partial charge in [-0.05, 0) is 116 Å². The summed E-state index contributed by atoms with van der Waals surface area (Å²) in [6.45, 7) is 8.87. The van der Waals surface area contributed by atoms with Crippen LogP contribution in [0.3, 0.4) is 0 Å². The van der Waals surface area contributed by atoms with Crippen LogP contribution in [0.2, 0.25) is 0 Å². The van der Waals surface area contributed by atoms with Crippen LogP contribution in [0, 0.1) is 27.7 Å². The van der Waals surface area contributed by atoms with Crippen LogP contribution in [0.15, 0.2) is 97.3 Å². The summed E-state index contributed by atoms with van der Waals surface area (Å²) >= 11 is 0. The van der Waals surface area contributed by atoms with Crippen LogP contribution in [0.1, 0.15) is 22.3 Å². The Morgan fingerprint density at radius 1 is 0.357 bits per heavy atom. The average molecular weight is 537 g/mol. The number of aromatic nitrogens is 2. The highest BCUT2D eigenvalue weighted by Crippen LogP contribution is 2.53. The molecule has 198 valence electrons. The molecule has 0 saturated heterocycles. The van der Waals surface area contributed by atoms with Crippen molar-refractivity contribution in [2.45, 2.75) is 27.7 Å². The van der Waals surface area contributed by atoms with Gasteiger partial charge in [0.25, 0.3) is 0 Å². The highest BCUT2D eigenvalue weighted by Gasteiger charge is 2.27.